The lowest BCUT2D eigenvalue weighted by molar-refractivity contribution is -0.121. The number of carbonyl (C=O) groups is 1. The number of aromatic nitrogens is 2. The smallest absolute Gasteiger partial charge is 0.220 e. The minimum Gasteiger partial charge on any atom is -0.352 e. The fraction of sp³-hybridized carbons (Fsp3) is 0.333. The topological polar surface area (TPSA) is 46.9 Å². The maximum atomic E-state index is 11.4. The van der Waals surface area contributed by atoms with Gasteiger partial charge in [0.2, 0.25) is 5.91 Å². The molecule has 1 amide bonds. The zero-order valence-corrected chi connectivity index (χ0v) is 11.4. The van der Waals surface area contributed by atoms with Gasteiger partial charge >= 0.3 is 0 Å². The van der Waals surface area contributed by atoms with Crippen molar-refractivity contribution in [3.63, 3.8) is 0 Å². The van der Waals surface area contributed by atoms with Crippen LogP contribution >= 0.6 is 0 Å². The molecule has 4 nitrogen and oxygen atoms in total. The molecule has 1 heterocycles. The Balaban J connectivity index is 1.99. The van der Waals surface area contributed by atoms with Gasteiger partial charge in [-0.05, 0) is 31.0 Å². The lowest BCUT2D eigenvalue weighted by Crippen LogP contribution is -2.22. The second-order valence-corrected chi connectivity index (χ2v) is 4.54. The molecule has 19 heavy (non-hydrogen) atoms. The van der Waals surface area contributed by atoms with Crippen molar-refractivity contribution >= 4 is 5.91 Å². The lowest BCUT2D eigenvalue weighted by atomic mass is 10.2. The highest BCUT2D eigenvalue weighted by Gasteiger charge is 2.02. The monoisotopic (exact) mass is 257 g/mol. The van der Waals surface area contributed by atoms with Gasteiger partial charge in [-0.2, -0.15) is 0 Å². The van der Waals surface area contributed by atoms with E-state index in [9.17, 15) is 4.79 Å². The molecule has 1 aromatic carbocycles. The summed E-state index contributed by atoms with van der Waals surface area (Å²) in [6.45, 7) is 4.56. The van der Waals surface area contributed by atoms with Crippen LogP contribution in [-0.4, -0.2) is 15.5 Å². The van der Waals surface area contributed by atoms with Crippen LogP contribution in [-0.2, 0) is 11.3 Å². The van der Waals surface area contributed by atoms with Crippen LogP contribution in [0, 0.1) is 6.92 Å². The van der Waals surface area contributed by atoms with Gasteiger partial charge in [0.1, 0.15) is 5.82 Å². The van der Waals surface area contributed by atoms with Gasteiger partial charge in [-0.1, -0.05) is 19.1 Å². The molecule has 100 valence electrons. The Hall–Kier alpha value is -2.10. The van der Waals surface area contributed by atoms with E-state index in [1.54, 1.807) is 6.20 Å². The van der Waals surface area contributed by atoms with Crippen molar-refractivity contribution in [2.75, 3.05) is 0 Å². The number of benzene rings is 1. The zero-order valence-electron chi connectivity index (χ0n) is 11.4. The first-order valence-corrected chi connectivity index (χ1v) is 6.56. The number of hydrogen-bond donors (Lipinski definition) is 1. The lowest BCUT2D eigenvalue weighted by Gasteiger charge is -2.07. The van der Waals surface area contributed by atoms with Crippen molar-refractivity contribution in [2.45, 2.75) is 33.2 Å². The molecule has 0 atom stereocenters. The summed E-state index contributed by atoms with van der Waals surface area (Å²) in [6.07, 6.45) is 5.19. The Morgan fingerprint density at radius 2 is 2.05 bits per heavy atom. The molecule has 0 aliphatic rings. The van der Waals surface area contributed by atoms with Crippen molar-refractivity contribution in [3.05, 3.63) is 48.0 Å². The maximum Gasteiger partial charge on any atom is 0.220 e. The average molecular weight is 257 g/mol. The number of aryl methyl sites for hydroxylation is 1. The number of imidazole rings is 1. The van der Waals surface area contributed by atoms with E-state index in [-0.39, 0.29) is 5.91 Å². The summed E-state index contributed by atoms with van der Waals surface area (Å²) in [6, 6.07) is 8.13. The number of carbonyl (C=O) groups excluding carboxylic acids is 1. The largest absolute Gasteiger partial charge is 0.352 e. The molecule has 4 heteroatoms. The molecule has 0 aliphatic carbocycles. The van der Waals surface area contributed by atoms with Crippen molar-refractivity contribution in [1.82, 2.24) is 14.9 Å². The average Bonchev–Trinajstić information content (AvgIpc) is 2.84. The molecule has 1 N–H and O–H groups in total. The molecule has 0 saturated carbocycles. The number of amides is 1. The first-order valence-electron chi connectivity index (χ1n) is 6.56. The summed E-state index contributed by atoms with van der Waals surface area (Å²) in [5, 5.41) is 2.91. The minimum absolute atomic E-state index is 0.108. The van der Waals surface area contributed by atoms with E-state index in [4.69, 9.17) is 0 Å². The predicted octanol–water partition coefficient (Wildman–Crippen LogP) is 2.60. The molecule has 0 saturated heterocycles. The Morgan fingerprint density at radius 1 is 1.32 bits per heavy atom. The maximum absolute atomic E-state index is 11.4. The fourth-order valence-corrected chi connectivity index (χ4v) is 1.94. The third-order valence-electron chi connectivity index (χ3n) is 3.01. The van der Waals surface area contributed by atoms with Crippen molar-refractivity contribution in [3.8, 4) is 5.69 Å². The van der Waals surface area contributed by atoms with Gasteiger partial charge in [0.15, 0.2) is 0 Å². The molecule has 0 radical (unpaired) electrons. The van der Waals surface area contributed by atoms with Crippen molar-refractivity contribution in [2.24, 2.45) is 0 Å². The van der Waals surface area contributed by atoms with Crippen molar-refractivity contribution in [1.29, 1.82) is 0 Å². The van der Waals surface area contributed by atoms with Gasteiger partial charge in [-0.15, -0.1) is 0 Å². The van der Waals surface area contributed by atoms with E-state index in [1.807, 2.05) is 48.9 Å². The quantitative estimate of drug-likeness (QED) is 0.895. The second-order valence-electron chi connectivity index (χ2n) is 4.54. The van der Waals surface area contributed by atoms with Crippen LogP contribution in [0.3, 0.4) is 0 Å². The molecular weight excluding hydrogens is 238 g/mol. The molecule has 0 unspecified atom stereocenters. The molecule has 0 aliphatic heterocycles. The molecule has 0 bridgehead atoms. The van der Waals surface area contributed by atoms with E-state index in [0.717, 1.165) is 23.5 Å². The Morgan fingerprint density at radius 3 is 2.63 bits per heavy atom. The first kappa shape index (κ1) is 13.3. The third kappa shape index (κ3) is 3.44. The predicted molar refractivity (Wildman–Crippen MR) is 75.1 cm³/mol. The summed E-state index contributed by atoms with van der Waals surface area (Å²) in [7, 11) is 0. The van der Waals surface area contributed by atoms with Gasteiger partial charge in [0.05, 0.1) is 0 Å². The number of rotatable bonds is 5. The Bertz CT molecular complexity index is 543. The summed E-state index contributed by atoms with van der Waals surface area (Å²) >= 11 is 0. The molecule has 2 rings (SSSR count). The van der Waals surface area contributed by atoms with Crippen LogP contribution in [0.1, 0.15) is 31.2 Å². The van der Waals surface area contributed by atoms with E-state index in [2.05, 4.69) is 10.3 Å². The van der Waals surface area contributed by atoms with Gasteiger partial charge in [0, 0.05) is 31.0 Å². The number of nitrogens with zero attached hydrogens (tertiary/aromatic N) is 2. The van der Waals surface area contributed by atoms with Crippen LogP contribution in [0.25, 0.3) is 5.69 Å². The molecule has 1 aromatic heterocycles. The standard InChI is InChI=1S/C15H19N3O/c1-3-4-15(19)17-11-13-5-7-14(8-6-13)18-10-9-16-12(18)2/h5-10H,3-4,11H2,1-2H3,(H,17,19). The van der Waals surface area contributed by atoms with E-state index in [1.165, 1.54) is 0 Å². The third-order valence-corrected chi connectivity index (χ3v) is 3.01. The summed E-state index contributed by atoms with van der Waals surface area (Å²) in [4.78, 5) is 15.6. The second kappa shape index (κ2) is 6.18. The van der Waals surface area contributed by atoms with E-state index < -0.39 is 0 Å². The molecule has 0 spiro atoms. The highest BCUT2D eigenvalue weighted by molar-refractivity contribution is 5.75. The van der Waals surface area contributed by atoms with Gasteiger partial charge < -0.3 is 9.88 Å². The van der Waals surface area contributed by atoms with Crippen LogP contribution in [0.4, 0.5) is 0 Å². The summed E-state index contributed by atoms with van der Waals surface area (Å²) < 4.78 is 2.03. The van der Waals surface area contributed by atoms with Gasteiger partial charge in [0.25, 0.3) is 0 Å². The minimum atomic E-state index is 0.108. The molecular formula is C15H19N3O. The van der Waals surface area contributed by atoms with Crippen molar-refractivity contribution < 1.29 is 4.79 Å². The summed E-state index contributed by atoms with van der Waals surface area (Å²) in [5.74, 6) is 1.07. The highest BCUT2D eigenvalue weighted by Crippen LogP contribution is 2.11. The van der Waals surface area contributed by atoms with Crippen LogP contribution in [0.15, 0.2) is 36.7 Å². The van der Waals surface area contributed by atoms with Crippen LogP contribution in [0.2, 0.25) is 0 Å². The Kier molecular flexibility index (Phi) is 4.34. The number of nitrogens with one attached hydrogen (secondary N) is 1. The van der Waals surface area contributed by atoms with E-state index >= 15 is 0 Å². The van der Waals surface area contributed by atoms with Gasteiger partial charge in [-0.3, -0.25) is 4.79 Å². The fourth-order valence-electron chi connectivity index (χ4n) is 1.94. The molecule has 0 fully saturated rings. The number of hydrogen-bond acceptors (Lipinski definition) is 2. The molecule has 2 aromatic rings. The summed E-state index contributed by atoms with van der Waals surface area (Å²) in [5.41, 5.74) is 2.18. The van der Waals surface area contributed by atoms with Crippen LogP contribution in [0.5, 0.6) is 0 Å². The SMILES string of the molecule is CCCC(=O)NCc1ccc(-n2ccnc2C)cc1. The Labute approximate surface area is 113 Å². The van der Waals surface area contributed by atoms with Crippen LogP contribution < -0.4 is 5.32 Å². The first-order chi connectivity index (χ1) is 9.20. The zero-order chi connectivity index (χ0) is 13.7. The van der Waals surface area contributed by atoms with Gasteiger partial charge in [-0.25, -0.2) is 4.98 Å². The van der Waals surface area contributed by atoms with E-state index in [0.29, 0.717) is 13.0 Å². The highest BCUT2D eigenvalue weighted by atomic mass is 16.1. The normalized spacial score (nSPS) is 10.4.